The van der Waals surface area contributed by atoms with Gasteiger partial charge in [0.05, 0.1) is 10.8 Å². The molecule has 4 saturated heterocycles. The molecule has 0 aromatic carbocycles. The summed E-state index contributed by atoms with van der Waals surface area (Å²) < 4.78 is 3.95. The van der Waals surface area contributed by atoms with Gasteiger partial charge in [-0.25, -0.2) is 19.3 Å². The predicted octanol–water partition coefficient (Wildman–Crippen LogP) is 9.24. The van der Waals surface area contributed by atoms with Crippen LogP contribution < -0.4 is 20.4 Å². The minimum Gasteiger partial charge on any atom is -0.357 e. The van der Waals surface area contributed by atoms with Crippen LogP contribution in [0, 0.1) is 0 Å². The fourth-order valence-corrected chi connectivity index (χ4v) is 10.8. The van der Waals surface area contributed by atoms with E-state index in [1.807, 2.05) is 27.6 Å². The van der Waals surface area contributed by atoms with Gasteiger partial charge < -0.3 is 20.4 Å². The number of carbonyl (C=O) groups excluding carboxylic acids is 2. The number of hydrogen-bond acceptors (Lipinski definition) is 10. The summed E-state index contributed by atoms with van der Waals surface area (Å²) in [5.74, 6) is 1.75. The zero-order chi connectivity index (χ0) is 47.8. The van der Waals surface area contributed by atoms with Crippen molar-refractivity contribution in [1.29, 1.82) is 0 Å². The molecular formula is C55H80N12O2. The highest BCUT2D eigenvalue weighted by Gasteiger charge is 2.28. The first-order chi connectivity index (χ1) is 33.9. The molecule has 8 rings (SSSR count). The molecular weight excluding hydrogens is 861 g/mol. The maximum absolute atomic E-state index is 14.0. The second kappa shape index (κ2) is 25.5. The van der Waals surface area contributed by atoms with Gasteiger partial charge in [-0.05, 0) is 114 Å². The van der Waals surface area contributed by atoms with E-state index in [-0.39, 0.29) is 29.9 Å². The van der Waals surface area contributed by atoms with Gasteiger partial charge in [0.15, 0.2) is 22.7 Å². The molecule has 14 heteroatoms. The summed E-state index contributed by atoms with van der Waals surface area (Å²) in [6, 6.07) is 8.64. The number of allylic oxidation sites excluding steroid dienone is 2. The summed E-state index contributed by atoms with van der Waals surface area (Å²) in [6.07, 6.45) is 30.9. The van der Waals surface area contributed by atoms with Crippen LogP contribution in [0.5, 0.6) is 0 Å². The Bertz CT molecular complexity index is 2340. The summed E-state index contributed by atoms with van der Waals surface area (Å²) in [6.45, 7) is 22.0. The average molecular weight is 941 g/mol. The van der Waals surface area contributed by atoms with Gasteiger partial charge in [0.2, 0.25) is 0 Å². The van der Waals surface area contributed by atoms with Crippen LogP contribution in [0.1, 0.15) is 143 Å². The smallest absolute Gasteiger partial charge is 0.272 e. The molecule has 69 heavy (non-hydrogen) atoms. The number of fused-ring (bicyclic) bond motifs is 2. The van der Waals surface area contributed by atoms with Crippen LogP contribution in [0.3, 0.4) is 0 Å². The molecule has 2 amide bonds. The van der Waals surface area contributed by atoms with Crippen LogP contribution >= 0.6 is 0 Å². The van der Waals surface area contributed by atoms with Crippen molar-refractivity contribution in [3.63, 3.8) is 0 Å². The molecule has 4 fully saturated rings. The van der Waals surface area contributed by atoms with E-state index < -0.39 is 0 Å². The third kappa shape index (κ3) is 13.3. The topological polar surface area (TPSA) is 133 Å². The molecule has 1 atom stereocenters. The first-order valence-electron chi connectivity index (χ1n) is 26.8. The minimum atomic E-state index is -0.111. The Labute approximate surface area is 411 Å². The highest BCUT2D eigenvalue weighted by Crippen LogP contribution is 2.27. The summed E-state index contributed by atoms with van der Waals surface area (Å²) in [5.41, 5.74) is 2.56. The molecule has 4 aromatic heterocycles. The van der Waals surface area contributed by atoms with Gasteiger partial charge in [0.1, 0.15) is 11.6 Å². The Hall–Kier alpha value is -5.34. The fraction of sp³-hybridized carbons (Fsp3) is 0.600. The lowest BCUT2D eigenvalue weighted by molar-refractivity contribution is 0.0898. The molecule has 0 saturated carbocycles. The van der Waals surface area contributed by atoms with E-state index in [1.165, 1.54) is 51.4 Å². The highest BCUT2D eigenvalue weighted by molar-refractivity contribution is 6.05. The molecule has 0 bridgehead atoms. The van der Waals surface area contributed by atoms with Gasteiger partial charge >= 0.3 is 0 Å². The Morgan fingerprint density at radius 1 is 0.594 bits per heavy atom. The van der Waals surface area contributed by atoms with Crippen molar-refractivity contribution in [3.05, 3.63) is 85.8 Å². The first-order valence-corrected chi connectivity index (χ1v) is 26.8. The number of pyridine rings is 2. The van der Waals surface area contributed by atoms with Gasteiger partial charge in [-0.2, -0.15) is 10.2 Å². The van der Waals surface area contributed by atoms with Crippen LogP contribution in [0.15, 0.2) is 74.4 Å². The normalized spacial score (nSPS) is 18.9. The standard InChI is InChI=1S/C55H80N12O2/c1-4-7-8-10-21-37-66-52-47(25-27-48(58-52)64-33-17-12-13-18-34-64)51(61-66)55(69)57-44-30-41-63(42-31-44)45(6-3)23-16-9-11-22-38-67-53-46(24-26-49(59-53)65-35-19-14-15-20-36-65)50(60-67)54(68)56-43-28-39-62(32-5-2)40-29-43/h4-6,16,23-27,43-45H,1-3,7-15,17-22,28-42H2,(H,56,68)(H,57,69). The number of nitrogens with zero attached hydrogens (tertiary/aromatic N) is 10. The molecule has 4 aliphatic heterocycles. The second-order valence-electron chi connectivity index (χ2n) is 19.9. The van der Waals surface area contributed by atoms with Crippen molar-refractivity contribution in [2.75, 3.05) is 68.7 Å². The number of aromatic nitrogens is 6. The van der Waals surface area contributed by atoms with E-state index in [9.17, 15) is 9.59 Å². The lowest BCUT2D eigenvalue weighted by Crippen LogP contribution is -2.47. The number of aryl methyl sites for hydroxylation is 2. The molecule has 14 nitrogen and oxygen atoms in total. The Morgan fingerprint density at radius 3 is 1.58 bits per heavy atom. The van der Waals surface area contributed by atoms with Crippen molar-refractivity contribution < 1.29 is 9.59 Å². The van der Waals surface area contributed by atoms with E-state index >= 15 is 0 Å². The number of rotatable bonds is 22. The molecule has 0 spiro atoms. The van der Waals surface area contributed by atoms with Crippen LogP contribution in [-0.4, -0.2) is 128 Å². The van der Waals surface area contributed by atoms with E-state index in [0.29, 0.717) is 17.9 Å². The molecule has 2 N–H and O–H groups in total. The van der Waals surface area contributed by atoms with Gasteiger partial charge in [-0.15, -0.1) is 19.7 Å². The van der Waals surface area contributed by atoms with Crippen LogP contribution in [0.4, 0.5) is 11.6 Å². The third-order valence-corrected chi connectivity index (χ3v) is 14.9. The number of carbonyl (C=O) groups is 2. The molecule has 0 aliphatic carbocycles. The number of unbranched alkanes of at least 4 members (excludes halogenated alkanes) is 5. The van der Waals surface area contributed by atoms with Crippen molar-refractivity contribution in [2.24, 2.45) is 0 Å². The third-order valence-electron chi connectivity index (χ3n) is 14.9. The van der Waals surface area contributed by atoms with Crippen LogP contribution in [0.25, 0.3) is 22.1 Å². The van der Waals surface area contributed by atoms with E-state index in [4.69, 9.17) is 20.2 Å². The number of nitrogens with one attached hydrogen (secondary N) is 2. The van der Waals surface area contributed by atoms with Gasteiger partial charge in [0.25, 0.3) is 11.8 Å². The Morgan fingerprint density at radius 2 is 1.09 bits per heavy atom. The summed E-state index contributed by atoms with van der Waals surface area (Å²) >= 11 is 0. The number of hydrogen-bond donors (Lipinski definition) is 2. The number of likely N-dealkylation sites (tertiary alicyclic amines) is 2. The molecule has 4 aromatic rings. The molecule has 1 unspecified atom stereocenters. The SMILES string of the molecule is C=CCCCCCn1nc(C(=O)NC2CCN(C(C=C)C=CCCCCn3nc(C(=O)NC4CCN(CC=C)CC4)c4ccc(N5CCCCCC5)nc43)CC2)c2ccc(N3CCCCCC3)nc21. The molecule has 4 aliphatic rings. The van der Waals surface area contributed by atoms with E-state index in [1.54, 1.807) is 0 Å². The van der Waals surface area contributed by atoms with Crippen molar-refractivity contribution in [3.8, 4) is 0 Å². The number of amides is 2. The van der Waals surface area contributed by atoms with Crippen LogP contribution in [0.2, 0.25) is 0 Å². The van der Waals surface area contributed by atoms with Crippen molar-refractivity contribution in [2.45, 2.75) is 153 Å². The lowest BCUT2D eigenvalue weighted by atomic mass is 10.0. The summed E-state index contributed by atoms with van der Waals surface area (Å²) in [4.78, 5) is 47.7. The van der Waals surface area contributed by atoms with Gasteiger partial charge in [0, 0.05) is 90.1 Å². The first kappa shape index (κ1) is 50.1. The molecule has 8 heterocycles. The minimum absolute atomic E-state index is 0.0760. The summed E-state index contributed by atoms with van der Waals surface area (Å²) in [5, 5.41) is 18.2. The number of anilines is 2. The maximum atomic E-state index is 14.0. The second-order valence-corrected chi connectivity index (χ2v) is 19.9. The Balaban J connectivity index is 0.839. The van der Waals surface area contributed by atoms with Crippen molar-refractivity contribution in [1.82, 2.24) is 50.0 Å². The summed E-state index contributed by atoms with van der Waals surface area (Å²) in [7, 11) is 0. The molecule has 372 valence electrons. The van der Waals surface area contributed by atoms with Crippen LogP contribution in [-0.2, 0) is 13.1 Å². The maximum Gasteiger partial charge on any atom is 0.272 e. The highest BCUT2D eigenvalue weighted by atomic mass is 16.2. The zero-order valence-corrected chi connectivity index (χ0v) is 41.6. The lowest BCUT2D eigenvalue weighted by Gasteiger charge is -2.35. The predicted molar refractivity (Wildman–Crippen MR) is 281 cm³/mol. The van der Waals surface area contributed by atoms with Gasteiger partial charge in [-0.3, -0.25) is 19.4 Å². The fourth-order valence-electron chi connectivity index (χ4n) is 10.8. The monoisotopic (exact) mass is 941 g/mol. The van der Waals surface area contributed by atoms with E-state index in [2.05, 4.69) is 86.4 Å². The largest absolute Gasteiger partial charge is 0.357 e. The van der Waals surface area contributed by atoms with Gasteiger partial charge in [-0.1, -0.05) is 62.5 Å². The average Bonchev–Trinajstić information content (AvgIpc) is 3.60. The quantitative estimate of drug-likeness (QED) is 0.0581. The van der Waals surface area contributed by atoms with E-state index in [0.717, 1.165) is 170 Å². The molecule has 0 radical (unpaired) electrons. The van der Waals surface area contributed by atoms with Crippen molar-refractivity contribution >= 4 is 45.5 Å². The zero-order valence-electron chi connectivity index (χ0n) is 41.6. The Kier molecular flexibility index (Phi) is 18.5. The number of piperidine rings is 2.